The lowest BCUT2D eigenvalue weighted by molar-refractivity contribution is 0.0561. The van der Waals surface area contributed by atoms with Gasteiger partial charge in [-0.25, -0.2) is 10.2 Å². The van der Waals surface area contributed by atoms with Crippen molar-refractivity contribution < 1.29 is 14.7 Å². The van der Waals surface area contributed by atoms with Crippen molar-refractivity contribution in [3.05, 3.63) is 35.4 Å². The molecule has 5 heteroatoms. The maximum absolute atomic E-state index is 12.3. The van der Waals surface area contributed by atoms with Crippen LogP contribution < -0.4 is 5.43 Å². The average molecular weight is 264 g/mol. The van der Waals surface area contributed by atoms with Gasteiger partial charge in [0.25, 0.3) is 5.91 Å². The van der Waals surface area contributed by atoms with E-state index in [0.717, 1.165) is 5.56 Å². The molecule has 0 aliphatic carbocycles. The molecule has 0 saturated carbocycles. The lowest BCUT2D eigenvalue weighted by Gasteiger charge is -2.28. The van der Waals surface area contributed by atoms with Crippen LogP contribution in [0.25, 0.3) is 0 Å². The molecule has 0 aliphatic heterocycles. The third-order valence-electron chi connectivity index (χ3n) is 2.47. The van der Waals surface area contributed by atoms with Crippen molar-refractivity contribution in [2.45, 2.75) is 39.7 Å². The van der Waals surface area contributed by atoms with Gasteiger partial charge in [0.2, 0.25) is 0 Å². The molecule has 0 bridgehead atoms. The lowest BCUT2D eigenvalue weighted by Crippen LogP contribution is -2.54. The van der Waals surface area contributed by atoms with E-state index in [4.69, 9.17) is 0 Å². The number of benzene rings is 1. The number of imide groups is 1. The highest BCUT2D eigenvalue weighted by atomic mass is 16.4. The van der Waals surface area contributed by atoms with Crippen LogP contribution in [-0.2, 0) is 6.42 Å². The Morgan fingerprint density at radius 1 is 1.26 bits per heavy atom. The van der Waals surface area contributed by atoms with Crippen molar-refractivity contribution in [3.8, 4) is 0 Å². The molecule has 0 fully saturated rings. The molecule has 0 atom stereocenters. The summed E-state index contributed by atoms with van der Waals surface area (Å²) in [6.45, 7) is 7.31. The number of hydrazine groups is 1. The topological polar surface area (TPSA) is 69.6 Å². The number of nitrogens with zero attached hydrogens (tertiary/aromatic N) is 1. The molecular formula is C14H20N2O3. The van der Waals surface area contributed by atoms with Gasteiger partial charge in [0.15, 0.2) is 0 Å². The van der Waals surface area contributed by atoms with E-state index in [9.17, 15) is 14.7 Å². The Bertz CT molecular complexity index is 478. The van der Waals surface area contributed by atoms with Crippen LogP contribution in [0.1, 0.15) is 43.6 Å². The van der Waals surface area contributed by atoms with Gasteiger partial charge in [-0.2, -0.15) is 5.01 Å². The van der Waals surface area contributed by atoms with E-state index in [2.05, 4.69) is 5.43 Å². The van der Waals surface area contributed by atoms with Crippen molar-refractivity contribution in [2.24, 2.45) is 0 Å². The maximum Gasteiger partial charge on any atom is 0.429 e. The highest BCUT2D eigenvalue weighted by molar-refractivity contribution is 6.03. The van der Waals surface area contributed by atoms with Crippen LogP contribution in [0.5, 0.6) is 0 Å². The molecule has 1 rings (SSSR count). The van der Waals surface area contributed by atoms with Gasteiger partial charge in [-0.3, -0.25) is 4.79 Å². The second-order valence-electron chi connectivity index (χ2n) is 5.30. The normalized spacial score (nSPS) is 11.2. The Morgan fingerprint density at radius 2 is 1.84 bits per heavy atom. The van der Waals surface area contributed by atoms with E-state index >= 15 is 0 Å². The van der Waals surface area contributed by atoms with Crippen LogP contribution in [0.4, 0.5) is 4.79 Å². The van der Waals surface area contributed by atoms with Crippen LogP contribution in [-0.4, -0.2) is 27.7 Å². The van der Waals surface area contributed by atoms with Crippen LogP contribution in [0.15, 0.2) is 24.3 Å². The number of hydrogen-bond donors (Lipinski definition) is 2. The minimum absolute atomic E-state index is 0.407. The molecule has 5 nitrogen and oxygen atoms in total. The second kappa shape index (κ2) is 5.84. The van der Waals surface area contributed by atoms with E-state index in [-0.39, 0.29) is 0 Å². The van der Waals surface area contributed by atoms with Crippen LogP contribution in [0.2, 0.25) is 0 Å². The highest BCUT2D eigenvalue weighted by Gasteiger charge is 2.27. The molecule has 0 radical (unpaired) electrons. The fraction of sp³-hybridized carbons (Fsp3) is 0.429. The zero-order chi connectivity index (χ0) is 14.6. The summed E-state index contributed by atoms with van der Waals surface area (Å²) in [6.07, 6.45) is -0.643. The van der Waals surface area contributed by atoms with E-state index in [1.54, 1.807) is 32.9 Å². The quantitative estimate of drug-likeness (QED) is 0.823. The SMILES string of the molecule is CCc1ccccc1C(=O)N(NC(C)(C)C)C(=O)O. The van der Waals surface area contributed by atoms with Gasteiger partial charge in [0, 0.05) is 11.1 Å². The van der Waals surface area contributed by atoms with Gasteiger partial charge in [-0.15, -0.1) is 0 Å². The minimum atomic E-state index is -1.31. The maximum atomic E-state index is 12.3. The molecule has 2 amide bonds. The van der Waals surface area contributed by atoms with Gasteiger partial charge < -0.3 is 5.11 Å². The van der Waals surface area contributed by atoms with Gasteiger partial charge in [-0.1, -0.05) is 25.1 Å². The summed E-state index contributed by atoms with van der Waals surface area (Å²) in [7, 11) is 0. The Morgan fingerprint density at radius 3 is 2.32 bits per heavy atom. The summed E-state index contributed by atoms with van der Waals surface area (Å²) >= 11 is 0. The van der Waals surface area contributed by atoms with Gasteiger partial charge in [0.05, 0.1) is 0 Å². The number of rotatable bonds is 3. The fourth-order valence-electron chi connectivity index (χ4n) is 1.68. The van der Waals surface area contributed by atoms with Crippen molar-refractivity contribution in [2.75, 3.05) is 0 Å². The molecule has 0 aromatic heterocycles. The number of carboxylic acid groups (broad SMARTS) is 1. The Kier molecular flexibility index (Phi) is 4.67. The Balaban J connectivity index is 3.10. The van der Waals surface area contributed by atoms with Gasteiger partial charge in [-0.05, 0) is 38.8 Å². The summed E-state index contributed by atoms with van der Waals surface area (Å²) in [5, 5.41) is 9.82. The average Bonchev–Trinajstić information content (AvgIpc) is 2.33. The molecule has 0 spiro atoms. The Labute approximate surface area is 113 Å². The molecule has 1 aromatic rings. The summed E-state index contributed by atoms with van der Waals surface area (Å²) in [4.78, 5) is 23.6. The fourth-order valence-corrected chi connectivity index (χ4v) is 1.68. The van der Waals surface area contributed by atoms with Gasteiger partial charge >= 0.3 is 6.09 Å². The van der Waals surface area contributed by atoms with Crippen LogP contribution in [0.3, 0.4) is 0 Å². The first kappa shape index (κ1) is 15.2. The number of aryl methyl sites for hydroxylation is 1. The highest BCUT2D eigenvalue weighted by Crippen LogP contribution is 2.13. The largest absolute Gasteiger partial charge is 0.464 e. The zero-order valence-corrected chi connectivity index (χ0v) is 11.7. The van der Waals surface area contributed by atoms with E-state index in [1.165, 1.54) is 0 Å². The predicted octanol–water partition coefficient (Wildman–Crippen LogP) is 2.67. The first-order valence-corrected chi connectivity index (χ1v) is 6.19. The van der Waals surface area contributed by atoms with E-state index in [0.29, 0.717) is 17.0 Å². The molecule has 104 valence electrons. The molecule has 1 aromatic carbocycles. The summed E-state index contributed by atoms with van der Waals surface area (Å²) in [5.41, 5.74) is 3.41. The van der Waals surface area contributed by atoms with Gasteiger partial charge in [0.1, 0.15) is 0 Å². The number of nitrogens with one attached hydrogen (secondary N) is 1. The third kappa shape index (κ3) is 4.06. The summed E-state index contributed by atoms with van der Waals surface area (Å²) < 4.78 is 0. The Hall–Kier alpha value is -1.88. The third-order valence-corrected chi connectivity index (χ3v) is 2.47. The number of amides is 2. The minimum Gasteiger partial charge on any atom is -0.464 e. The summed E-state index contributed by atoms with van der Waals surface area (Å²) in [6, 6.07) is 7.02. The first-order valence-electron chi connectivity index (χ1n) is 6.19. The first-order chi connectivity index (χ1) is 8.76. The van der Waals surface area contributed by atoms with Crippen molar-refractivity contribution >= 4 is 12.0 Å². The molecule has 2 N–H and O–H groups in total. The second-order valence-corrected chi connectivity index (χ2v) is 5.30. The van der Waals surface area contributed by atoms with Crippen molar-refractivity contribution in [1.82, 2.24) is 10.4 Å². The van der Waals surface area contributed by atoms with Crippen LogP contribution >= 0.6 is 0 Å². The van der Waals surface area contributed by atoms with E-state index < -0.39 is 17.5 Å². The van der Waals surface area contributed by atoms with E-state index in [1.807, 2.05) is 19.1 Å². The predicted molar refractivity (Wildman–Crippen MR) is 72.9 cm³/mol. The molecule has 19 heavy (non-hydrogen) atoms. The molecule has 0 unspecified atom stereocenters. The summed E-state index contributed by atoms with van der Waals surface area (Å²) in [5.74, 6) is -0.556. The van der Waals surface area contributed by atoms with Crippen molar-refractivity contribution in [1.29, 1.82) is 0 Å². The zero-order valence-electron chi connectivity index (χ0n) is 11.7. The smallest absolute Gasteiger partial charge is 0.429 e. The number of carbonyl (C=O) groups is 2. The lowest BCUT2D eigenvalue weighted by atomic mass is 10.0. The molecule has 0 heterocycles. The molecule has 0 saturated heterocycles. The molecule has 0 aliphatic rings. The number of hydrogen-bond acceptors (Lipinski definition) is 3. The van der Waals surface area contributed by atoms with Crippen LogP contribution in [0, 0.1) is 0 Å². The molecular weight excluding hydrogens is 244 g/mol. The standard InChI is InChI=1S/C14H20N2O3/c1-5-10-8-6-7-9-11(10)12(17)16(13(18)19)15-14(2,3)4/h6-9,15H,5H2,1-4H3,(H,18,19). The van der Waals surface area contributed by atoms with Crippen molar-refractivity contribution in [3.63, 3.8) is 0 Å². The number of carbonyl (C=O) groups excluding carboxylic acids is 1. The monoisotopic (exact) mass is 264 g/mol.